The van der Waals surface area contributed by atoms with Crippen molar-refractivity contribution in [3.05, 3.63) is 59.9 Å². The lowest BCUT2D eigenvalue weighted by Gasteiger charge is -2.03. The molecule has 0 fully saturated rings. The second kappa shape index (κ2) is 6.18. The zero-order chi connectivity index (χ0) is 16.4. The first-order valence-electron chi connectivity index (χ1n) is 7.47. The SMILES string of the molecule is Cc1oc2ccc(-c3ccccc3)cc2c1CCCS(=O)(=O)O. The largest absolute Gasteiger partial charge is 0.461 e. The van der Waals surface area contributed by atoms with E-state index in [4.69, 9.17) is 8.97 Å². The molecule has 0 aliphatic heterocycles. The maximum atomic E-state index is 10.9. The van der Waals surface area contributed by atoms with Gasteiger partial charge in [0.25, 0.3) is 10.1 Å². The molecule has 1 heterocycles. The maximum absolute atomic E-state index is 10.9. The minimum atomic E-state index is -3.93. The van der Waals surface area contributed by atoms with E-state index in [0.29, 0.717) is 12.8 Å². The Labute approximate surface area is 135 Å². The third-order valence-electron chi connectivity index (χ3n) is 3.93. The molecule has 0 spiro atoms. The zero-order valence-electron chi connectivity index (χ0n) is 12.8. The van der Waals surface area contributed by atoms with Gasteiger partial charge in [0.05, 0.1) is 5.75 Å². The van der Waals surface area contributed by atoms with E-state index < -0.39 is 10.1 Å². The molecule has 0 saturated heterocycles. The Morgan fingerprint density at radius 2 is 1.78 bits per heavy atom. The first-order valence-corrected chi connectivity index (χ1v) is 9.07. The molecule has 1 aromatic heterocycles. The minimum absolute atomic E-state index is 0.239. The van der Waals surface area contributed by atoms with Crippen LogP contribution in [0.25, 0.3) is 22.1 Å². The molecule has 120 valence electrons. The van der Waals surface area contributed by atoms with Crippen molar-refractivity contribution in [2.75, 3.05) is 5.75 Å². The van der Waals surface area contributed by atoms with E-state index >= 15 is 0 Å². The number of rotatable bonds is 5. The highest BCUT2D eigenvalue weighted by Gasteiger charge is 2.13. The summed E-state index contributed by atoms with van der Waals surface area (Å²) in [6, 6.07) is 16.1. The van der Waals surface area contributed by atoms with Gasteiger partial charge in [-0.25, -0.2) is 0 Å². The lowest BCUT2D eigenvalue weighted by molar-refractivity contribution is 0.481. The topological polar surface area (TPSA) is 67.5 Å². The van der Waals surface area contributed by atoms with Gasteiger partial charge in [-0.15, -0.1) is 0 Å². The van der Waals surface area contributed by atoms with Crippen LogP contribution in [-0.4, -0.2) is 18.7 Å². The number of hydrogen-bond acceptors (Lipinski definition) is 3. The predicted octanol–water partition coefficient (Wildman–Crippen LogP) is 4.23. The van der Waals surface area contributed by atoms with Gasteiger partial charge in [-0.2, -0.15) is 8.42 Å². The lowest BCUT2D eigenvalue weighted by atomic mass is 10.0. The van der Waals surface area contributed by atoms with E-state index in [1.54, 1.807) is 0 Å². The Hall–Kier alpha value is -2.11. The molecule has 4 nitrogen and oxygen atoms in total. The van der Waals surface area contributed by atoms with Crippen molar-refractivity contribution in [3.63, 3.8) is 0 Å². The number of benzene rings is 2. The third-order valence-corrected chi connectivity index (χ3v) is 4.73. The van der Waals surface area contributed by atoms with Crippen LogP contribution in [0.4, 0.5) is 0 Å². The molecule has 0 aliphatic carbocycles. The van der Waals surface area contributed by atoms with E-state index in [-0.39, 0.29) is 5.75 Å². The molecule has 3 rings (SSSR count). The first-order chi connectivity index (χ1) is 10.9. The van der Waals surface area contributed by atoms with Crippen molar-refractivity contribution >= 4 is 21.1 Å². The monoisotopic (exact) mass is 330 g/mol. The van der Waals surface area contributed by atoms with Crippen LogP contribution in [0.2, 0.25) is 0 Å². The van der Waals surface area contributed by atoms with Crippen LogP contribution < -0.4 is 0 Å². The summed E-state index contributed by atoms with van der Waals surface area (Å²) in [4.78, 5) is 0. The molecule has 23 heavy (non-hydrogen) atoms. The number of fused-ring (bicyclic) bond motifs is 1. The summed E-state index contributed by atoms with van der Waals surface area (Å²) in [5, 5.41) is 0.999. The predicted molar refractivity (Wildman–Crippen MR) is 91.1 cm³/mol. The molecule has 1 N–H and O–H groups in total. The highest BCUT2D eigenvalue weighted by atomic mass is 32.2. The fraction of sp³-hybridized carbons (Fsp3) is 0.222. The minimum Gasteiger partial charge on any atom is -0.461 e. The van der Waals surface area contributed by atoms with Gasteiger partial charge in [-0.1, -0.05) is 36.4 Å². The van der Waals surface area contributed by atoms with Crippen LogP contribution >= 0.6 is 0 Å². The van der Waals surface area contributed by atoms with Gasteiger partial charge in [0.15, 0.2) is 0 Å². The standard InChI is InChI=1S/C18H18O4S/c1-13-16(8-5-11-23(19,20)21)17-12-15(9-10-18(17)22-13)14-6-3-2-4-7-14/h2-4,6-7,9-10,12H,5,8,11H2,1H3,(H,19,20,21). The van der Waals surface area contributed by atoms with E-state index in [0.717, 1.165) is 33.4 Å². The molecule has 2 aromatic carbocycles. The highest BCUT2D eigenvalue weighted by molar-refractivity contribution is 7.85. The van der Waals surface area contributed by atoms with E-state index in [9.17, 15) is 8.42 Å². The lowest BCUT2D eigenvalue weighted by Crippen LogP contribution is -2.04. The Morgan fingerprint density at radius 3 is 2.48 bits per heavy atom. The second-order valence-corrected chi connectivity index (χ2v) is 7.18. The fourth-order valence-corrected chi connectivity index (χ4v) is 3.33. The first kappa shape index (κ1) is 15.8. The molecule has 5 heteroatoms. The summed E-state index contributed by atoms with van der Waals surface area (Å²) in [6.07, 6.45) is 0.917. The van der Waals surface area contributed by atoms with Gasteiger partial charge in [0, 0.05) is 10.9 Å². The number of hydrogen-bond donors (Lipinski definition) is 1. The zero-order valence-corrected chi connectivity index (χ0v) is 13.6. The Kier molecular flexibility index (Phi) is 4.24. The molecule has 0 saturated carbocycles. The molecule has 3 aromatic rings. The van der Waals surface area contributed by atoms with Crippen molar-refractivity contribution in [2.24, 2.45) is 0 Å². The summed E-state index contributed by atoms with van der Waals surface area (Å²) < 4.78 is 36.4. The molecular formula is C18H18O4S. The van der Waals surface area contributed by atoms with Crippen molar-refractivity contribution < 1.29 is 17.4 Å². The van der Waals surface area contributed by atoms with Crippen molar-refractivity contribution in [2.45, 2.75) is 19.8 Å². The van der Waals surface area contributed by atoms with Crippen LogP contribution in [0.1, 0.15) is 17.7 Å². The van der Waals surface area contributed by atoms with Gasteiger partial charge < -0.3 is 4.42 Å². The molecule has 0 atom stereocenters. The molecule has 0 bridgehead atoms. The molecular weight excluding hydrogens is 312 g/mol. The average Bonchev–Trinajstić information content (AvgIpc) is 2.82. The summed E-state index contributed by atoms with van der Waals surface area (Å²) in [5.74, 6) is 0.554. The van der Waals surface area contributed by atoms with Crippen LogP contribution in [0.15, 0.2) is 52.9 Å². The van der Waals surface area contributed by atoms with Crippen molar-refractivity contribution in [1.82, 2.24) is 0 Å². The van der Waals surface area contributed by atoms with Crippen LogP contribution in [-0.2, 0) is 16.5 Å². The van der Waals surface area contributed by atoms with Gasteiger partial charge in [0.2, 0.25) is 0 Å². The van der Waals surface area contributed by atoms with Crippen LogP contribution in [0.5, 0.6) is 0 Å². The van der Waals surface area contributed by atoms with Crippen LogP contribution in [0.3, 0.4) is 0 Å². The smallest absolute Gasteiger partial charge is 0.264 e. The maximum Gasteiger partial charge on any atom is 0.264 e. The summed E-state index contributed by atoms with van der Waals surface area (Å²) >= 11 is 0. The molecule has 0 amide bonds. The third kappa shape index (κ3) is 3.63. The summed E-state index contributed by atoms with van der Waals surface area (Å²) in [5.41, 5.74) is 4.01. The Morgan fingerprint density at radius 1 is 1.04 bits per heavy atom. The van der Waals surface area contributed by atoms with Gasteiger partial charge in [0.1, 0.15) is 11.3 Å². The van der Waals surface area contributed by atoms with E-state index in [1.165, 1.54) is 0 Å². The second-order valence-electron chi connectivity index (χ2n) is 5.60. The highest BCUT2D eigenvalue weighted by Crippen LogP contribution is 2.31. The van der Waals surface area contributed by atoms with Gasteiger partial charge in [-0.3, -0.25) is 4.55 Å². The summed E-state index contributed by atoms with van der Waals surface area (Å²) in [7, 11) is -3.93. The van der Waals surface area contributed by atoms with Crippen LogP contribution in [0, 0.1) is 6.92 Å². The fourth-order valence-electron chi connectivity index (χ4n) is 2.82. The normalized spacial score (nSPS) is 11.9. The Balaban J connectivity index is 1.96. The molecule has 0 unspecified atom stereocenters. The van der Waals surface area contributed by atoms with Crippen molar-refractivity contribution in [1.29, 1.82) is 0 Å². The summed E-state index contributed by atoms with van der Waals surface area (Å²) in [6.45, 7) is 1.88. The number of aryl methyl sites for hydroxylation is 2. The quantitative estimate of drug-likeness (QED) is 0.711. The van der Waals surface area contributed by atoms with Crippen molar-refractivity contribution in [3.8, 4) is 11.1 Å². The van der Waals surface area contributed by atoms with E-state index in [2.05, 4.69) is 6.07 Å². The number of furan rings is 1. The van der Waals surface area contributed by atoms with E-state index in [1.807, 2.05) is 49.4 Å². The van der Waals surface area contributed by atoms with Gasteiger partial charge in [-0.05, 0) is 43.0 Å². The van der Waals surface area contributed by atoms with Gasteiger partial charge >= 0.3 is 0 Å². The Bertz CT molecular complexity index is 924. The molecule has 0 aliphatic rings. The average molecular weight is 330 g/mol. The molecule has 0 radical (unpaired) electrons.